The normalized spacial score (nSPS) is 18.6. The van der Waals surface area contributed by atoms with Crippen molar-refractivity contribution >= 4 is 17.2 Å². The maximum atomic E-state index is 11.7. The van der Waals surface area contributed by atoms with Crippen molar-refractivity contribution in [3.63, 3.8) is 0 Å². The van der Waals surface area contributed by atoms with E-state index in [1.807, 2.05) is 10.8 Å². The van der Waals surface area contributed by atoms with Crippen molar-refractivity contribution in [2.45, 2.75) is 24.8 Å². The molecule has 1 aliphatic carbocycles. The van der Waals surface area contributed by atoms with E-state index in [0.717, 1.165) is 19.3 Å². The molecule has 76 valence electrons. The predicted molar refractivity (Wildman–Crippen MR) is 55.5 cm³/mol. The Bertz CT molecular complexity index is 311. The monoisotopic (exact) mass is 211 g/mol. The third-order valence-electron chi connectivity index (χ3n) is 2.78. The van der Waals surface area contributed by atoms with Crippen LogP contribution in [0.5, 0.6) is 0 Å². The quantitative estimate of drug-likeness (QED) is 0.793. The zero-order valence-corrected chi connectivity index (χ0v) is 8.64. The zero-order chi connectivity index (χ0) is 10.0. The van der Waals surface area contributed by atoms with Crippen LogP contribution in [0.3, 0.4) is 0 Å². The summed E-state index contributed by atoms with van der Waals surface area (Å²) in [5.41, 5.74) is 0.355. The van der Waals surface area contributed by atoms with E-state index in [1.54, 1.807) is 6.07 Å². The maximum Gasteiger partial charge on any atom is 0.252 e. The third-order valence-corrected chi connectivity index (χ3v) is 3.46. The number of amides is 1. The molecule has 0 atom stereocenters. The molecule has 14 heavy (non-hydrogen) atoms. The van der Waals surface area contributed by atoms with Gasteiger partial charge < -0.3 is 10.4 Å². The van der Waals surface area contributed by atoms with Gasteiger partial charge in [-0.05, 0) is 30.7 Å². The minimum atomic E-state index is -0.334. The van der Waals surface area contributed by atoms with Crippen LogP contribution in [0.2, 0.25) is 0 Å². The Balaban J connectivity index is 2.01. The topological polar surface area (TPSA) is 49.3 Å². The van der Waals surface area contributed by atoms with E-state index in [2.05, 4.69) is 5.32 Å². The molecule has 0 aromatic carbocycles. The molecule has 0 saturated heterocycles. The summed E-state index contributed by atoms with van der Waals surface area (Å²) >= 11 is 1.50. The van der Waals surface area contributed by atoms with Crippen LogP contribution in [0.4, 0.5) is 0 Å². The van der Waals surface area contributed by atoms with Gasteiger partial charge in [-0.1, -0.05) is 0 Å². The Morgan fingerprint density at radius 2 is 2.43 bits per heavy atom. The molecule has 1 aromatic heterocycles. The first-order valence-corrected chi connectivity index (χ1v) is 5.66. The number of thiophene rings is 1. The summed E-state index contributed by atoms with van der Waals surface area (Å²) in [5, 5.41) is 15.8. The van der Waals surface area contributed by atoms with Gasteiger partial charge in [0, 0.05) is 5.38 Å². The number of hydrogen-bond donors (Lipinski definition) is 2. The van der Waals surface area contributed by atoms with E-state index in [4.69, 9.17) is 0 Å². The third kappa shape index (κ3) is 1.67. The van der Waals surface area contributed by atoms with Crippen LogP contribution in [0.1, 0.15) is 29.6 Å². The minimum absolute atomic E-state index is 0.0445. The summed E-state index contributed by atoms with van der Waals surface area (Å²) in [6, 6.07) is 1.80. The van der Waals surface area contributed by atoms with Gasteiger partial charge >= 0.3 is 0 Å². The summed E-state index contributed by atoms with van der Waals surface area (Å²) in [5.74, 6) is -0.0694. The van der Waals surface area contributed by atoms with Crippen molar-refractivity contribution in [3.05, 3.63) is 22.4 Å². The lowest BCUT2D eigenvalue weighted by molar-refractivity contribution is 0.0642. The molecule has 1 fully saturated rings. The first kappa shape index (κ1) is 9.68. The standard InChI is InChI=1S/C10H13NO2S/c12-7-10(3-1-4-10)11-9(13)8-2-5-14-6-8/h2,5-6,12H,1,3-4,7H2,(H,11,13). The average Bonchev–Trinajstić information content (AvgIpc) is 2.63. The molecule has 1 aliphatic rings. The fourth-order valence-electron chi connectivity index (χ4n) is 1.63. The van der Waals surface area contributed by atoms with E-state index in [0.29, 0.717) is 5.56 Å². The Hall–Kier alpha value is -0.870. The van der Waals surface area contributed by atoms with Crippen LogP contribution in [0, 0.1) is 0 Å². The van der Waals surface area contributed by atoms with Crippen LogP contribution >= 0.6 is 11.3 Å². The van der Waals surface area contributed by atoms with Gasteiger partial charge in [-0.15, -0.1) is 0 Å². The molecule has 4 heteroatoms. The predicted octanol–water partition coefficient (Wildman–Crippen LogP) is 1.39. The van der Waals surface area contributed by atoms with Crippen LogP contribution in [-0.2, 0) is 0 Å². The maximum absolute atomic E-state index is 11.7. The Kier molecular flexibility index (Phi) is 2.56. The average molecular weight is 211 g/mol. The van der Waals surface area contributed by atoms with E-state index in [1.165, 1.54) is 11.3 Å². The highest BCUT2D eigenvalue weighted by molar-refractivity contribution is 7.08. The molecule has 3 nitrogen and oxygen atoms in total. The highest BCUT2D eigenvalue weighted by atomic mass is 32.1. The van der Waals surface area contributed by atoms with Crippen molar-refractivity contribution in [1.82, 2.24) is 5.32 Å². The van der Waals surface area contributed by atoms with E-state index in [9.17, 15) is 9.90 Å². The number of carbonyl (C=O) groups is 1. The number of rotatable bonds is 3. The summed E-state index contributed by atoms with van der Waals surface area (Å²) in [6.45, 7) is 0.0445. The van der Waals surface area contributed by atoms with Crippen molar-refractivity contribution in [2.75, 3.05) is 6.61 Å². The SMILES string of the molecule is O=C(NC1(CO)CCC1)c1ccsc1. The number of aliphatic hydroxyl groups excluding tert-OH is 1. The summed E-state index contributed by atoms with van der Waals surface area (Å²) in [7, 11) is 0. The second-order valence-corrected chi connectivity index (χ2v) is 4.54. The van der Waals surface area contributed by atoms with Gasteiger partial charge in [-0.2, -0.15) is 11.3 Å². The van der Waals surface area contributed by atoms with Crippen LogP contribution in [0.15, 0.2) is 16.8 Å². The zero-order valence-electron chi connectivity index (χ0n) is 7.82. The van der Waals surface area contributed by atoms with Gasteiger partial charge in [0.1, 0.15) is 0 Å². The molecule has 0 unspecified atom stereocenters. The Labute approximate surface area is 86.8 Å². The molecule has 1 aromatic rings. The number of nitrogens with one attached hydrogen (secondary N) is 1. The van der Waals surface area contributed by atoms with Crippen LogP contribution in [-0.4, -0.2) is 23.2 Å². The van der Waals surface area contributed by atoms with Gasteiger partial charge in [0.05, 0.1) is 17.7 Å². The first-order valence-electron chi connectivity index (χ1n) is 4.71. The molecule has 0 spiro atoms. The first-order chi connectivity index (χ1) is 6.76. The molecule has 0 radical (unpaired) electrons. The second-order valence-electron chi connectivity index (χ2n) is 3.76. The minimum Gasteiger partial charge on any atom is -0.394 e. The lowest BCUT2D eigenvalue weighted by Crippen LogP contribution is -2.56. The molecule has 2 rings (SSSR count). The Morgan fingerprint density at radius 1 is 1.64 bits per heavy atom. The summed E-state index contributed by atoms with van der Waals surface area (Å²) < 4.78 is 0. The van der Waals surface area contributed by atoms with Crippen molar-refractivity contribution < 1.29 is 9.90 Å². The summed E-state index contributed by atoms with van der Waals surface area (Å²) in [4.78, 5) is 11.7. The lowest BCUT2D eigenvalue weighted by Gasteiger charge is -2.40. The van der Waals surface area contributed by atoms with E-state index >= 15 is 0 Å². The molecular weight excluding hydrogens is 198 g/mol. The fraction of sp³-hybridized carbons (Fsp3) is 0.500. The van der Waals surface area contributed by atoms with Gasteiger partial charge in [0.15, 0.2) is 0 Å². The number of aliphatic hydroxyl groups is 1. The van der Waals surface area contributed by atoms with Crippen molar-refractivity contribution in [3.8, 4) is 0 Å². The van der Waals surface area contributed by atoms with Crippen molar-refractivity contribution in [2.24, 2.45) is 0 Å². The summed E-state index contributed by atoms with van der Waals surface area (Å²) in [6.07, 6.45) is 2.86. The lowest BCUT2D eigenvalue weighted by atomic mass is 9.77. The second kappa shape index (κ2) is 3.71. The number of carbonyl (C=O) groups excluding carboxylic acids is 1. The van der Waals surface area contributed by atoms with Gasteiger partial charge in [0.25, 0.3) is 5.91 Å². The molecular formula is C10H13NO2S. The van der Waals surface area contributed by atoms with Gasteiger partial charge in [-0.25, -0.2) is 0 Å². The van der Waals surface area contributed by atoms with Crippen LogP contribution in [0.25, 0.3) is 0 Å². The molecule has 1 heterocycles. The molecule has 2 N–H and O–H groups in total. The highest BCUT2D eigenvalue weighted by Crippen LogP contribution is 2.31. The fourth-order valence-corrected chi connectivity index (χ4v) is 2.27. The molecule has 1 amide bonds. The smallest absolute Gasteiger partial charge is 0.252 e. The molecule has 0 aliphatic heterocycles. The van der Waals surface area contributed by atoms with Gasteiger partial charge in [-0.3, -0.25) is 4.79 Å². The van der Waals surface area contributed by atoms with Crippen LogP contribution < -0.4 is 5.32 Å². The molecule has 1 saturated carbocycles. The van der Waals surface area contributed by atoms with E-state index < -0.39 is 0 Å². The van der Waals surface area contributed by atoms with Gasteiger partial charge in [0.2, 0.25) is 0 Å². The largest absolute Gasteiger partial charge is 0.394 e. The number of hydrogen-bond acceptors (Lipinski definition) is 3. The molecule has 0 bridgehead atoms. The van der Waals surface area contributed by atoms with Crippen molar-refractivity contribution in [1.29, 1.82) is 0 Å². The Morgan fingerprint density at radius 3 is 2.86 bits per heavy atom. The highest BCUT2D eigenvalue weighted by Gasteiger charge is 2.37. The van der Waals surface area contributed by atoms with E-state index in [-0.39, 0.29) is 18.1 Å².